The lowest BCUT2D eigenvalue weighted by atomic mass is 10.1. The number of nitrogens with one attached hydrogen (secondary N) is 2. The molecule has 2 N–H and O–H groups in total. The molecule has 0 fully saturated rings. The van der Waals surface area contributed by atoms with Gasteiger partial charge in [-0.1, -0.05) is 30.3 Å². The molecule has 0 radical (unpaired) electrons. The molecule has 0 saturated carbocycles. The summed E-state index contributed by atoms with van der Waals surface area (Å²) in [5, 5.41) is 13.9. The Balaban J connectivity index is 1.59. The van der Waals surface area contributed by atoms with Crippen LogP contribution in [0.3, 0.4) is 0 Å². The smallest absolute Gasteiger partial charge is 0.272 e. The average Bonchev–Trinajstić information content (AvgIpc) is 2.68. The summed E-state index contributed by atoms with van der Waals surface area (Å²) in [5.41, 5.74) is 2.69. The van der Waals surface area contributed by atoms with Gasteiger partial charge in [0.05, 0.1) is 0 Å². The van der Waals surface area contributed by atoms with Gasteiger partial charge in [0, 0.05) is 17.8 Å². The molecule has 3 aromatic rings. The van der Waals surface area contributed by atoms with E-state index in [9.17, 15) is 9.59 Å². The first-order chi connectivity index (χ1) is 12.6. The number of nitrogens with zero attached hydrogens (tertiary/aromatic N) is 2. The zero-order chi connectivity index (χ0) is 18.4. The number of anilines is 2. The topological polar surface area (TPSA) is 84.0 Å². The largest absolute Gasteiger partial charge is 0.347 e. The first-order valence-electron chi connectivity index (χ1n) is 8.16. The zero-order valence-electron chi connectivity index (χ0n) is 14.3. The molecule has 1 amide bonds. The van der Waals surface area contributed by atoms with Crippen LogP contribution in [-0.4, -0.2) is 21.9 Å². The molecule has 6 heteroatoms. The minimum atomic E-state index is -0.279. The molecule has 0 aliphatic rings. The second-order valence-corrected chi connectivity index (χ2v) is 5.73. The number of benzene rings is 2. The Kier molecular flexibility index (Phi) is 5.34. The quantitative estimate of drug-likeness (QED) is 0.669. The lowest BCUT2D eigenvalue weighted by Crippen LogP contribution is -2.24. The van der Waals surface area contributed by atoms with Crippen molar-refractivity contribution < 1.29 is 9.59 Å². The van der Waals surface area contributed by atoms with Crippen molar-refractivity contribution in [3.63, 3.8) is 0 Å². The number of amides is 1. The van der Waals surface area contributed by atoms with E-state index in [0.717, 1.165) is 11.3 Å². The lowest BCUT2D eigenvalue weighted by Gasteiger charge is -2.07. The molecule has 2 aromatic carbocycles. The van der Waals surface area contributed by atoms with Crippen LogP contribution in [0.15, 0.2) is 66.7 Å². The number of Topliss-reactive ketones (excluding diaryl/α,β-unsaturated/α-hetero) is 1. The lowest BCUT2D eigenvalue weighted by molar-refractivity contribution is 0.0944. The summed E-state index contributed by atoms with van der Waals surface area (Å²) in [6.45, 7) is 1.96. The predicted octanol–water partition coefficient (Wildman–Crippen LogP) is 3.35. The molecule has 0 spiro atoms. The normalized spacial score (nSPS) is 10.2. The van der Waals surface area contributed by atoms with Crippen molar-refractivity contribution in [2.24, 2.45) is 0 Å². The van der Waals surface area contributed by atoms with E-state index in [2.05, 4.69) is 20.8 Å². The molecule has 0 bridgehead atoms. The van der Waals surface area contributed by atoms with Crippen LogP contribution in [0.1, 0.15) is 33.3 Å². The van der Waals surface area contributed by atoms with E-state index in [0.29, 0.717) is 17.9 Å². The summed E-state index contributed by atoms with van der Waals surface area (Å²) >= 11 is 0. The Morgan fingerprint density at radius 2 is 1.62 bits per heavy atom. The monoisotopic (exact) mass is 346 g/mol. The third kappa shape index (κ3) is 4.51. The van der Waals surface area contributed by atoms with E-state index >= 15 is 0 Å². The van der Waals surface area contributed by atoms with Crippen LogP contribution in [0, 0.1) is 0 Å². The molecule has 6 nitrogen and oxygen atoms in total. The second kappa shape index (κ2) is 8.02. The molecule has 1 heterocycles. The SMILES string of the molecule is CC(=O)c1ccc(Nc2ccc(C(=O)NCc3ccccc3)nn2)cc1. The summed E-state index contributed by atoms with van der Waals surface area (Å²) in [7, 11) is 0. The molecule has 0 aliphatic heterocycles. The number of rotatable bonds is 6. The van der Waals surface area contributed by atoms with E-state index in [1.807, 2.05) is 30.3 Å². The van der Waals surface area contributed by atoms with Gasteiger partial charge in [-0.15, -0.1) is 10.2 Å². The summed E-state index contributed by atoms with van der Waals surface area (Å²) in [4.78, 5) is 23.4. The van der Waals surface area contributed by atoms with Crippen molar-refractivity contribution in [1.82, 2.24) is 15.5 Å². The van der Waals surface area contributed by atoms with Crippen LogP contribution in [0.25, 0.3) is 0 Å². The molecule has 26 heavy (non-hydrogen) atoms. The Bertz CT molecular complexity index is 891. The van der Waals surface area contributed by atoms with E-state index < -0.39 is 0 Å². The van der Waals surface area contributed by atoms with Gasteiger partial charge in [0.1, 0.15) is 0 Å². The van der Waals surface area contributed by atoms with Crippen LogP contribution < -0.4 is 10.6 Å². The van der Waals surface area contributed by atoms with Gasteiger partial charge >= 0.3 is 0 Å². The standard InChI is InChI=1S/C20H18N4O2/c1-14(25)16-7-9-17(10-8-16)22-19-12-11-18(23-24-19)20(26)21-13-15-5-3-2-4-6-15/h2-12H,13H2,1H3,(H,21,26)(H,22,24). The van der Waals surface area contributed by atoms with Crippen molar-refractivity contribution >= 4 is 23.2 Å². The van der Waals surface area contributed by atoms with Crippen LogP contribution >= 0.6 is 0 Å². The molecule has 0 aliphatic carbocycles. The van der Waals surface area contributed by atoms with Crippen LogP contribution in [0.4, 0.5) is 11.5 Å². The van der Waals surface area contributed by atoms with Crippen molar-refractivity contribution in [3.05, 3.63) is 83.6 Å². The minimum absolute atomic E-state index is 0.0159. The Labute approximate surface area is 151 Å². The molecular weight excluding hydrogens is 328 g/mol. The first-order valence-corrected chi connectivity index (χ1v) is 8.16. The van der Waals surface area contributed by atoms with Crippen molar-refractivity contribution in [1.29, 1.82) is 0 Å². The minimum Gasteiger partial charge on any atom is -0.347 e. The van der Waals surface area contributed by atoms with Crippen LogP contribution in [0.5, 0.6) is 0 Å². The number of carbonyl (C=O) groups is 2. The fourth-order valence-corrected chi connectivity index (χ4v) is 2.32. The van der Waals surface area contributed by atoms with E-state index in [1.54, 1.807) is 36.4 Å². The Morgan fingerprint density at radius 3 is 2.23 bits per heavy atom. The molecule has 0 saturated heterocycles. The van der Waals surface area contributed by atoms with Crippen LogP contribution in [0.2, 0.25) is 0 Å². The van der Waals surface area contributed by atoms with Crippen LogP contribution in [-0.2, 0) is 6.54 Å². The van der Waals surface area contributed by atoms with Gasteiger partial charge in [-0.2, -0.15) is 0 Å². The predicted molar refractivity (Wildman–Crippen MR) is 99.4 cm³/mol. The van der Waals surface area contributed by atoms with Gasteiger partial charge in [0.2, 0.25) is 0 Å². The third-order valence-electron chi connectivity index (χ3n) is 3.76. The zero-order valence-corrected chi connectivity index (χ0v) is 14.3. The van der Waals surface area contributed by atoms with Gasteiger partial charge in [0.15, 0.2) is 17.3 Å². The molecule has 1 aromatic heterocycles. The fraction of sp³-hybridized carbons (Fsp3) is 0.100. The highest BCUT2D eigenvalue weighted by Crippen LogP contribution is 2.15. The van der Waals surface area contributed by atoms with E-state index in [1.165, 1.54) is 6.92 Å². The summed E-state index contributed by atoms with van der Waals surface area (Å²) in [6.07, 6.45) is 0. The van der Waals surface area contributed by atoms with Gasteiger partial charge in [0.25, 0.3) is 5.91 Å². The number of ketones is 1. The maximum absolute atomic E-state index is 12.1. The number of aromatic nitrogens is 2. The molecule has 130 valence electrons. The maximum Gasteiger partial charge on any atom is 0.272 e. The number of hydrogen-bond acceptors (Lipinski definition) is 5. The first kappa shape index (κ1) is 17.3. The number of carbonyl (C=O) groups excluding carboxylic acids is 2. The van der Waals surface area contributed by atoms with Crippen molar-refractivity contribution in [2.75, 3.05) is 5.32 Å². The van der Waals surface area contributed by atoms with E-state index in [4.69, 9.17) is 0 Å². The third-order valence-corrected chi connectivity index (χ3v) is 3.76. The van der Waals surface area contributed by atoms with Crippen molar-refractivity contribution in [2.45, 2.75) is 13.5 Å². The molecule has 3 rings (SSSR count). The number of hydrogen-bond donors (Lipinski definition) is 2. The molecular formula is C20H18N4O2. The summed E-state index contributed by atoms with van der Waals surface area (Å²) in [6, 6.07) is 20.0. The van der Waals surface area contributed by atoms with E-state index in [-0.39, 0.29) is 17.4 Å². The van der Waals surface area contributed by atoms with Crippen molar-refractivity contribution in [3.8, 4) is 0 Å². The second-order valence-electron chi connectivity index (χ2n) is 5.73. The highest BCUT2D eigenvalue weighted by atomic mass is 16.2. The summed E-state index contributed by atoms with van der Waals surface area (Å²) < 4.78 is 0. The van der Waals surface area contributed by atoms with Gasteiger partial charge in [-0.05, 0) is 48.9 Å². The van der Waals surface area contributed by atoms with Gasteiger partial charge in [-0.3, -0.25) is 9.59 Å². The molecule has 0 atom stereocenters. The maximum atomic E-state index is 12.1. The molecule has 0 unspecified atom stereocenters. The van der Waals surface area contributed by atoms with Gasteiger partial charge < -0.3 is 10.6 Å². The average molecular weight is 346 g/mol. The van der Waals surface area contributed by atoms with Gasteiger partial charge in [-0.25, -0.2) is 0 Å². The Hall–Kier alpha value is -3.54. The Morgan fingerprint density at radius 1 is 0.885 bits per heavy atom. The summed E-state index contributed by atoms with van der Waals surface area (Å²) in [5.74, 6) is 0.251. The highest BCUT2D eigenvalue weighted by Gasteiger charge is 2.08. The fourth-order valence-electron chi connectivity index (χ4n) is 2.32. The highest BCUT2D eigenvalue weighted by molar-refractivity contribution is 5.94.